The van der Waals surface area contributed by atoms with Crippen LogP contribution in [0.5, 0.6) is 0 Å². The Kier molecular flexibility index (Phi) is 10.6. The van der Waals surface area contributed by atoms with Crippen LogP contribution in [0.2, 0.25) is 0 Å². The molecule has 2 nitrogen and oxygen atoms in total. The zero-order chi connectivity index (χ0) is 9.94. The van der Waals surface area contributed by atoms with E-state index in [0.29, 0.717) is 6.04 Å². The third-order valence-corrected chi connectivity index (χ3v) is 2.42. The van der Waals surface area contributed by atoms with Gasteiger partial charge in [-0.05, 0) is 19.8 Å². The third-order valence-electron chi connectivity index (χ3n) is 2.20. The van der Waals surface area contributed by atoms with Gasteiger partial charge in [0.15, 0.2) is 0 Å². The molecule has 0 aromatic rings. The van der Waals surface area contributed by atoms with Crippen molar-refractivity contribution in [3.05, 3.63) is 0 Å². The highest BCUT2D eigenvalue weighted by Crippen LogP contribution is 2.07. The minimum Gasteiger partial charge on any atom is -0.328 e. The molecule has 0 aliphatic carbocycles. The monoisotopic (exact) mass is 204 g/mol. The molecule has 3 heteroatoms. The van der Waals surface area contributed by atoms with Crippen LogP contribution < -0.4 is 10.5 Å². The van der Waals surface area contributed by atoms with E-state index >= 15 is 0 Å². The summed E-state index contributed by atoms with van der Waals surface area (Å²) in [6.45, 7) is 3.11. The van der Waals surface area contributed by atoms with E-state index in [1.54, 1.807) is 0 Å². The Balaban J connectivity index is 2.84. The van der Waals surface area contributed by atoms with Crippen molar-refractivity contribution in [2.24, 2.45) is 5.73 Å². The summed E-state index contributed by atoms with van der Waals surface area (Å²) in [5.74, 6) is 0. The van der Waals surface area contributed by atoms with Gasteiger partial charge in [0.25, 0.3) is 0 Å². The molecule has 0 bridgehead atoms. The molecule has 0 radical (unpaired) electrons. The molecule has 0 saturated carbocycles. The average molecular weight is 204 g/mol. The van der Waals surface area contributed by atoms with Gasteiger partial charge in [-0.3, -0.25) is 4.72 Å². The Labute approximate surface area is 88.2 Å². The van der Waals surface area contributed by atoms with Crippen LogP contribution in [0.15, 0.2) is 0 Å². The highest BCUT2D eigenvalue weighted by atomic mass is 32.1. The van der Waals surface area contributed by atoms with Crippen LogP contribution in [-0.2, 0) is 0 Å². The molecular weight excluding hydrogens is 180 g/mol. The maximum Gasteiger partial charge on any atom is 0.00561 e. The number of thiol groups is 1. The van der Waals surface area contributed by atoms with Crippen molar-refractivity contribution in [1.29, 1.82) is 0 Å². The molecular formula is C10H24N2S. The highest BCUT2D eigenvalue weighted by Gasteiger charge is 1.94. The van der Waals surface area contributed by atoms with Crippen molar-refractivity contribution in [3.63, 3.8) is 0 Å². The Hall–Kier alpha value is 0.270. The van der Waals surface area contributed by atoms with Crippen molar-refractivity contribution in [1.82, 2.24) is 4.72 Å². The predicted octanol–water partition coefficient (Wildman–Crippen LogP) is 2.50. The largest absolute Gasteiger partial charge is 0.328 e. The van der Waals surface area contributed by atoms with E-state index < -0.39 is 0 Å². The number of unbranched alkanes of at least 4 members (excludes halogenated alkanes) is 5. The zero-order valence-corrected chi connectivity index (χ0v) is 9.65. The standard InChI is InChI=1S/C10H24N2S/c1-10(11)8-6-4-2-3-5-7-9-12-13/h10,12-13H,2-9,11H2,1H3. The quantitative estimate of drug-likeness (QED) is 0.399. The minimum absolute atomic E-state index is 0.383. The van der Waals surface area contributed by atoms with Gasteiger partial charge in [-0.25, -0.2) is 0 Å². The summed E-state index contributed by atoms with van der Waals surface area (Å²) in [6, 6.07) is 0.383. The normalized spacial score (nSPS) is 13.2. The third kappa shape index (κ3) is 12.3. The van der Waals surface area contributed by atoms with Gasteiger partial charge in [0, 0.05) is 12.6 Å². The zero-order valence-electron chi connectivity index (χ0n) is 8.76. The fourth-order valence-electron chi connectivity index (χ4n) is 1.38. The second-order valence-electron chi connectivity index (χ2n) is 3.80. The fourth-order valence-corrected chi connectivity index (χ4v) is 1.54. The Morgan fingerprint density at radius 2 is 1.62 bits per heavy atom. The average Bonchev–Trinajstić information content (AvgIpc) is 2.09. The van der Waals surface area contributed by atoms with E-state index in [9.17, 15) is 0 Å². The van der Waals surface area contributed by atoms with E-state index in [-0.39, 0.29) is 0 Å². The first-order chi connectivity index (χ1) is 6.27. The van der Waals surface area contributed by atoms with E-state index in [2.05, 4.69) is 24.5 Å². The molecule has 0 amide bonds. The Bertz CT molecular complexity index is 96.9. The molecule has 3 N–H and O–H groups in total. The lowest BCUT2D eigenvalue weighted by Crippen LogP contribution is -2.13. The molecule has 0 saturated heterocycles. The molecule has 0 aliphatic heterocycles. The van der Waals surface area contributed by atoms with E-state index in [1.165, 1.54) is 44.9 Å². The number of nitrogens with one attached hydrogen (secondary N) is 1. The summed E-state index contributed by atoms with van der Waals surface area (Å²) in [5, 5.41) is 0. The van der Waals surface area contributed by atoms with Crippen molar-refractivity contribution >= 4 is 12.8 Å². The van der Waals surface area contributed by atoms with Gasteiger partial charge in [0.1, 0.15) is 0 Å². The number of nitrogens with two attached hydrogens (primary N) is 1. The fraction of sp³-hybridized carbons (Fsp3) is 1.00. The first kappa shape index (κ1) is 13.3. The molecule has 80 valence electrons. The summed E-state index contributed by atoms with van der Waals surface area (Å²) in [6.07, 6.45) is 9.10. The SMILES string of the molecule is CC(N)CCCCCCCCNS. The topological polar surface area (TPSA) is 38.0 Å². The Morgan fingerprint density at radius 3 is 2.15 bits per heavy atom. The van der Waals surface area contributed by atoms with Gasteiger partial charge in [0.05, 0.1) is 0 Å². The van der Waals surface area contributed by atoms with E-state index in [0.717, 1.165) is 6.54 Å². The lowest BCUT2D eigenvalue weighted by molar-refractivity contribution is 0.549. The smallest absolute Gasteiger partial charge is 0.00561 e. The van der Waals surface area contributed by atoms with Gasteiger partial charge < -0.3 is 5.73 Å². The van der Waals surface area contributed by atoms with Crippen LogP contribution in [0.4, 0.5) is 0 Å². The summed E-state index contributed by atoms with van der Waals surface area (Å²) in [7, 11) is 0. The highest BCUT2D eigenvalue weighted by molar-refractivity contribution is 7.78. The number of hydrogen-bond donors (Lipinski definition) is 3. The van der Waals surface area contributed by atoms with Crippen LogP contribution in [0.1, 0.15) is 51.9 Å². The molecule has 1 atom stereocenters. The van der Waals surface area contributed by atoms with Crippen molar-refractivity contribution < 1.29 is 0 Å². The lowest BCUT2D eigenvalue weighted by atomic mass is 10.1. The van der Waals surface area contributed by atoms with Crippen LogP contribution in [0, 0.1) is 0 Å². The van der Waals surface area contributed by atoms with Crippen LogP contribution in [-0.4, -0.2) is 12.6 Å². The number of rotatable bonds is 9. The maximum absolute atomic E-state index is 5.66. The molecule has 1 unspecified atom stereocenters. The molecule has 13 heavy (non-hydrogen) atoms. The molecule has 0 rings (SSSR count). The summed E-state index contributed by atoms with van der Waals surface area (Å²) < 4.78 is 2.86. The predicted molar refractivity (Wildman–Crippen MR) is 63.0 cm³/mol. The summed E-state index contributed by atoms with van der Waals surface area (Å²) in [4.78, 5) is 0. The second kappa shape index (κ2) is 10.4. The molecule has 0 fully saturated rings. The van der Waals surface area contributed by atoms with E-state index in [1.807, 2.05) is 0 Å². The van der Waals surface area contributed by atoms with Crippen molar-refractivity contribution in [2.75, 3.05) is 6.54 Å². The molecule has 0 heterocycles. The minimum atomic E-state index is 0.383. The lowest BCUT2D eigenvalue weighted by Gasteiger charge is -2.04. The van der Waals surface area contributed by atoms with Crippen LogP contribution in [0.3, 0.4) is 0 Å². The Morgan fingerprint density at radius 1 is 1.08 bits per heavy atom. The van der Waals surface area contributed by atoms with Gasteiger partial charge in [-0.1, -0.05) is 44.9 Å². The van der Waals surface area contributed by atoms with Gasteiger partial charge in [-0.2, -0.15) is 0 Å². The van der Waals surface area contributed by atoms with Gasteiger partial charge in [-0.15, -0.1) is 0 Å². The van der Waals surface area contributed by atoms with Crippen LogP contribution in [0.25, 0.3) is 0 Å². The summed E-state index contributed by atoms with van der Waals surface area (Å²) in [5.41, 5.74) is 5.66. The molecule has 0 aromatic heterocycles. The second-order valence-corrected chi connectivity index (χ2v) is 4.11. The van der Waals surface area contributed by atoms with Crippen LogP contribution >= 0.6 is 12.8 Å². The first-order valence-corrected chi connectivity index (χ1v) is 5.84. The van der Waals surface area contributed by atoms with E-state index in [4.69, 9.17) is 5.73 Å². The van der Waals surface area contributed by atoms with Gasteiger partial charge in [0.2, 0.25) is 0 Å². The molecule has 0 aromatic carbocycles. The first-order valence-electron chi connectivity index (χ1n) is 5.40. The summed E-state index contributed by atoms with van der Waals surface area (Å²) >= 11 is 3.94. The van der Waals surface area contributed by atoms with Crippen molar-refractivity contribution in [2.45, 2.75) is 57.9 Å². The number of hydrogen-bond acceptors (Lipinski definition) is 3. The molecule has 0 aliphatic rings. The molecule has 0 spiro atoms. The van der Waals surface area contributed by atoms with Crippen molar-refractivity contribution in [3.8, 4) is 0 Å². The maximum atomic E-state index is 5.66. The van der Waals surface area contributed by atoms with Gasteiger partial charge >= 0.3 is 0 Å².